The van der Waals surface area contributed by atoms with Gasteiger partial charge in [-0.05, 0) is 60.9 Å². The molecule has 3 aromatic rings. The molecule has 208 valence electrons. The molecule has 1 atom stereocenters. The zero-order chi connectivity index (χ0) is 28.6. The van der Waals surface area contributed by atoms with Crippen molar-refractivity contribution in [2.45, 2.75) is 44.2 Å². The predicted octanol–water partition coefficient (Wildman–Crippen LogP) is 5.66. The average Bonchev–Trinajstić information content (AvgIpc) is 2.93. The molecule has 0 aromatic heterocycles. The molecule has 0 aliphatic heterocycles. The molecule has 11 heteroatoms. The highest BCUT2D eigenvalue weighted by Gasteiger charge is 2.33. The highest BCUT2D eigenvalue weighted by Crippen LogP contribution is 2.28. The lowest BCUT2D eigenvalue weighted by Crippen LogP contribution is -2.52. The van der Waals surface area contributed by atoms with Crippen molar-refractivity contribution in [2.75, 3.05) is 17.4 Å². The van der Waals surface area contributed by atoms with Crippen LogP contribution < -0.4 is 9.62 Å². The van der Waals surface area contributed by atoms with Gasteiger partial charge in [0.15, 0.2) is 0 Å². The number of benzene rings is 3. The fourth-order valence-corrected chi connectivity index (χ4v) is 5.69. The predicted molar refractivity (Wildman–Crippen MR) is 152 cm³/mol. The van der Waals surface area contributed by atoms with Gasteiger partial charge in [0.25, 0.3) is 10.0 Å². The van der Waals surface area contributed by atoms with Crippen LogP contribution in [0, 0.1) is 5.82 Å². The van der Waals surface area contributed by atoms with Gasteiger partial charge in [-0.15, -0.1) is 0 Å². The maximum absolute atomic E-state index is 14.0. The molecule has 2 amide bonds. The Morgan fingerprint density at radius 1 is 0.974 bits per heavy atom. The van der Waals surface area contributed by atoms with Gasteiger partial charge in [-0.2, -0.15) is 0 Å². The van der Waals surface area contributed by atoms with E-state index in [0.717, 1.165) is 16.4 Å². The number of hydrogen-bond acceptors (Lipinski definition) is 4. The summed E-state index contributed by atoms with van der Waals surface area (Å²) in [6.07, 6.45) is 1.00. The van der Waals surface area contributed by atoms with Crippen LogP contribution in [0.2, 0.25) is 10.0 Å². The van der Waals surface area contributed by atoms with Crippen molar-refractivity contribution in [2.24, 2.45) is 0 Å². The summed E-state index contributed by atoms with van der Waals surface area (Å²) >= 11 is 12.0. The van der Waals surface area contributed by atoms with Crippen LogP contribution in [0.15, 0.2) is 77.7 Å². The largest absolute Gasteiger partial charge is 0.354 e. The van der Waals surface area contributed by atoms with Gasteiger partial charge in [-0.25, -0.2) is 12.8 Å². The van der Waals surface area contributed by atoms with Gasteiger partial charge in [0.1, 0.15) is 18.4 Å². The quantitative estimate of drug-likeness (QED) is 0.293. The topological polar surface area (TPSA) is 86.8 Å². The second-order valence-corrected chi connectivity index (χ2v) is 11.5. The van der Waals surface area contributed by atoms with Gasteiger partial charge in [0.05, 0.1) is 15.6 Å². The maximum atomic E-state index is 14.0. The van der Waals surface area contributed by atoms with Crippen LogP contribution in [0.25, 0.3) is 0 Å². The Morgan fingerprint density at radius 2 is 1.64 bits per heavy atom. The van der Waals surface area contributed by atoms with Crippen LogP contribution in [0.3, 0.4) is 0 Å². The molecule has 0 saturated heterocycles. The number of nitrogens with one attached hydrogen (secondary N) is 1. The van der Waals surface area contributed by atoms with E-state index in [0.29, 0.717) is 30.0 Å². The lowest BCUT2D eigenvalue weighted by Gasteiger charge is -2.33. The Bertz CT molecular complexity index is 1390. The van der Waals surface area contributed by atoms with E-state index in [-0.39, 0.29) is 28.1 Å². The molecule has 3 rings (SSSR count). The molecular weight excluding hydrogens is 564 g/mol. The van der Waals surface area contributed by atoms with Crippen molar-refractivity contribution < 1.29 is 22.4 Å². The third-order valence-electron chi connectivity index (χ3n) is 6.00. The molecule has 7 nitrogen and oxygen atoms in total. The average molecular weight is 595 g/mol. The first-order chi connectivity index (χ1) is 18.6. The van der Waals surface area contributed by atoms with Crippen molar-refractivity contribution in [3.8, 4) is 0 Å². The molecule has 0 heterocycles. The number of rotatable bonds is 12. The minimum Gasteiger partial charge on any atom is -0.354 e. The molecule has 0 spiro atoms. The van der Waals surface area contributed by atoms with Crippen LogP contribution >= 0.6 is 23.2 Å². The van der Waals surface area contributed by atoms with Gasteiger partial charge in [0.2, 0.25) is 11.8 Å². The number of sulfonamides is 1. The summed E-state index contributed by atoms with van der Waals surface area (Å²) in [6, 6.07) is 17.0. The highest BCUT2D eigenvalue weighted by atomic mass is 35.5. The normalized spacial score (nSPS) is 12.0. The van der Waals surface area contributed by atoms with Crippen molar-refractivity contribution >= 4 is 50.7 Å². The summed E-state index contributed by atoms with van der Waals surface area (Å²) < 4.78 is 42.3. The van der Waals surface area contributed by atoms with E-state index in [1.54, 1.807) is 49.4 Å². The molecule has 0 aliphatic carbocycles. The summed E-state index contributed by atoms with van der Waals surface area (Å²) in [7, 11) is -4.27. The first-order valence-electron chi connectivity index (χ1n) is 12.4. The van der Waals surface area contributed by atoms with Crippen molar-refractivity contribution in [1.29, 1.82) is 0 Å². The maximum Gasteiger partial charge on any atom is 0.264 e. The van der Waals surface area contributed by atoms with E-state index in [4.69, 9.17) is 23.2 Å². The Kier molecular flexibility index (Phi) is 10.7. The molecule has 0 radical (unpaired) electrons. The molecule has 39 heavy (non-hydrogen) atoms. The van der Waals surface area contributed by atoms with Crippen molar-refractivity contribution in [1.82, 2.24) is 10.2 Å². The zero-order valence-corrected chi connectivity index (χ0v) is 23.9. The smallest absolute Gasteiger partial charge is 0.264 e. The SMILES string of the molecule is CCCNC(=O)[C@H](CC)N(Cc1ccc(Cl)cc1)C(=O)CN(c1ccc(F)c(Cl)c1)S(=O)(=O)c1ccccc1. The minimum atomic E-state index is -4.27. The number of carbonyl (C=O) groups is 2. The van der Waals surface area contributed by atoms with Crippen LogP contribution in [0.5, 0.6) is 0 Å². The van der Waals surface area contributed by atoms with Gasteiger partial charge < -0.3 is 10.2 Å². The fraction of sp³-hybridized carbons (Fsp3) is 0.286. The van der Waals surface area contributed by atoms with Crippen LogP contribution in [0.1, 0.15) is 32.3 Å². The second kappa shape index (κ2) is 13.8. The fourth-order valence-electron chi connectivity index (χ4n) is 3.96. The Labute approximate surface area is 238 Å². The van der Waals surface area contributed by atoms with E-state index in [2.05, 4.69) is 5.32 Å². The van der Waals surface area contributed by atoms with Gasteiger partial charge in [-0.1, -0.05) is 67.4 Å². The lowest BCUT2D eigenvalue weighted by atomic mass is 10.1. The molecule has 0 saturated carbocycles. The third kappa shape index (κ3) is 7.71. The van der Waals surface area contributed by atoms with Gasteiger partial charge in [-0.3, -0.25) is 13.9 Å². The molecular formula is C28H30Cl2FN3O4S. The first-order valence-corrected chi connectivity index (χ1v) is 14.6. The molecule has 0 fully saturated rings. The monoisotopic (exact) mass is 593 g/mol. The molecule has 3 aromatic carbocycles. The van der Waals surface area contributed by atoms with Crippen LogP contribution in [-0.4, -0.2) is 44.3 Å². The summed E-state index contributed by atoms with van der Waals surface area (Å²) in [5.41, 5.74) is 0.713. The van der Waals surface area contributed by atoms with Gasteiger partial charge >= 0.3 is 0 Å². The number of amides is 2. The van der Waals surface area contributed by atoms with E-state index in [1.807, 2.05) is 6.92 Å². The van der Waals surface area contributed by atoms with E-state index in [1.165, 1.54) is 23.1 Å². The van der Waals surface area contributed by atoms with E-state index >= 15 is 0 Å². The Hall–Kier alpha value is -3.14. The first kappa shape index (κ1) is 30.4. The third-order valence-corrected chi connectivity index (χ3v) is 8.33. The van der Waals surface area contributed by atoms with E-state index < -0.39 is 34.3 Å². The number of nitrogens with zero attached hydrogens (tertiary/aromatic N) is 2. The number of carbonyl (C=O) groups excluding carboxylic acids is 2. The lowest BCUT2D eigenvalue weighted by molar-refractivity contribution is -0.140. The number of hydrogen-bond donors (Lipinski definition) is 1. The minimum absolute atomic E-state index is 0.00790. The Morgan fingerprint density at radius 3 is 2.23 bits per heavy atom. The molecule has 0 bridgehead atoms. The number of anilines is 1. The zero-order valence-electron chi connectivity index (χ0n) is 21.6. The summed E-state index contributed by atoms with van der Waals surface area (Å²) in [4.78, 5) is 28.3. The van der Waals surface area contributed by atoms with Crippen molar-refractivity contribution in [3.05, 3.63) is 94.2 Å². The molecule has 0 unspecified atom stereocenters. The summed E-state index contributed by atoms with van der Waals surface area (Å²) in [5.74, 6) is -1.70. The molecule has 0 aliphatic rings. The van der Waals surface area contributed by atoms with Crippen LogP contribution in [0.4, 0.5) is 10.1 Å². The van der Waals surface area contributed by atoms with Crippen LogP contribution in [-0.2, 0) is 26.2 Å². The highest BCUT2D eigenvalue weighted by molar-refractivity contribution is 7.92. The summed E-state index contributed by atoms with van der Waals surface area (Å²) in [5, 5.41) is 3.04. The van der Waals surface area contributed by atoms with E-state index in [9.17, 15) is 22.4 Å². The van der Waals surface area contributed by atoms with Gasteiger partial charge in [0, 0.05) is 18.1 Å². The van der Waals surface area contributed by atoms with Crippen molar-refractivity contribution in [3.63, 3.8) is 0 Å². The Balaban J connectivity index is 2.06. The standard InChI is InChI=1S/C28H30Cl2FN3O4S/c1-3-16-32-28(36)26(4-2)33(18-20-10-12-21(29)13-11-20)27(35)19-34(22-14-15-25(31)24(30)17-22)39(37,38)23-8-6-5-7-9-23/h5-15,17,26H,3-4,16,18-19H2,1-2H3,(H,32,36)/t26-/m0/s1. The number of halogens is 3. The summed E-state index contributed by atoms with van der Waals surface area (Å²) in [6.45, 7) is 3.51. The molecule has 1 N–H and O–H groups in total. The second-order valence-electron chi connectivity index (χ2n) is 8.79.